The van der Waals surface area contributed by atoms with Gasteiger partial charge in [-0.25, -0.2) is 18.5 Å². The number of nitrogens with one attached hydrogen (secondary N) is 1. The molecule has 2 rings (SSSR count). The minimum atomic E-state index is -5.72. The number of rotatable bonds is 16. The zero-order valence-electron chi connectivity index (χ0n) is 20.9. The highest BCUT2D eigenvalue weighted by Crippen LogP contribution is 2.66. The molecule has 10 N–H and O–H groups in total. The van der Waals surface area contributed by atoms with Crippen molar-refractivity contribution < 1.29 is 61.1 Å². The highest BCUT2D eigenvalue weighted by Gasteiger charge is 2.43. The first-order valence-electron chi connectivity index (χ1n) is 11.7. The Morgan fingerprint density at radius 1 is 1.15 bits per heavy atom. The van der Waals surface area contributed by atoms with Crippen LogP contribution in [0.3, 0.4) is 0 Å². The Morgan fingerprint density at radius 2 is 1.82 bits per heavy atom. The van der Waals surface area contributed by atoms with Gasteiger partial charge in [0.05, 0.1) is 12.7 Å². The van der Waals surface area contributed by atoms with Crippen molar-refractivity contribution in [2.75, 3.05) is 25.4 Å². The zero-order chi connectivity index (χ0) is 30.1. The zero-order valence-corrected chi connectivity index (χ0v) is 23.6. The van der Waals surface area contributed by atoms with Gasteiger partial charge in [0.25, 0.3) is 0 Å². The van der Waals surface area contributed by atoms with E-state index in [9.17, 15) is 38.2 Å². The van der Waals surface area contributed by atoms with E-state index in [1.165, 1.54) is 18.3 Å². The van der Waals surface area contributed by atoms with Crippen LogP contribution in [0.1, 0.15) is 43.9 Å². The van der Waals surface area contributed by atoms with Gasteiger partial charge in [-0.3, -0.25) is 13.9 Å². The van der Waals surface area contributed by atoms with Crippen LogP contribution < -0.4 is 22.5 Å². The number of amides is 1. The molecule has 22 heteroatoms. The van der Waals surface area contributed by atoms with Gasteiger partial charge in [0.1, 0.15) is 18.1 Å². The SMILES string of the molecule is NCCCCCCNC(=O)/C=C/c1cn([C@@H]2C[C@@H](O)[C@H](COP(=O)(O)OP(=O)(O)OP(=O)(O)O)O2)c(=O)nc1N. The Kier molecular flexibility index (Phi) is 12.8. The molecule has 1 aliphatic rings. The smallest absolute Gasteiger partial charge is 0.390 e. The molecule has 1 fully saturated rings. The quantitative estimate of drug-likeness (QED) is 0.0642. The lowest BCUT2D eigenvalue weighted by molar-refractivity contribution is -0.116. The van der Waals surface area contributed by atoms with Crippen molar-refractivity contribution >= 4 is 41.3 Å². The van der Waals surface area contributed by atoms with Crippen LogP contribution in [0.4, 0.5) is 5.82 Å². The maximum absolute atomic E-state index is 12.4. The fourth-order valence-corrected chi connectivity index (χ4v) is 6.43. The number of nitrogens with zero attached hydrogens (tertiary/aromatic N) is 2. The van der Waals surface area contributed by atoms with Crippen LogP contribution >= 0.6 is 23.5 Å². The molecule has 0 aliphatic carbocycles. The Bertz CT molecular complexity index is 1250. The lowest BCUT2D eigenvalue weighted by Gasteiger charge is -2.19. The Hall–Kier alpha value is -1.82. The van der Waals surface area contributed by atoms with Gasteiger partial charge in [-0.1, -0.05) is 12.8 Å². The first-order chi connectivity index (χ1) is 18.5. The number of carbonyl (C=O) groups excluding carboxylic acids is 1. The van der Waals surface area contributed by atoms with Crippen molar-refractivity contribution in [2.24, 2.45) is 5.73 Å². The highest BCUT2D eigenvalue weighted by atomic mass is 31.3. The van der Waals surface area contributed by atoms with Crippen LogP contribution in [0.5, 0.6) is 0 Å². The average Bonchev–Trinajstić information content (AvgIpc) is 3.17. The summed E-state index contributed by atoms with van der Waals surface area (Å²) in [6.07, 6.45) is 3.15. The normalized spacial score (nSPS) is 22.7. The first-order valence-corrected chi connectivity index (χ1v) is 16.2. The summed E-state index contributed by atoms with van der Waals surface area (Å²) < 4.78 is 52.1. The summed E-state index contributed by atoms with van der Waals surface area (Å²) in [5.74, 6) is -0.593. The number of aliphatic hydroxyl groups is 1. The van der Waals surface area contributed by atoms with Crippen LogP contribution in [0.25, 0.3) is 6.08 Å². The number of hydrogen-bond acceptors (Lipinski definition) is 13. The Labute approximate surface area is 227 Å². The molecule has 2 unspecified atom stereocenters. The summed E-state index contributed by atoms with van der Waals surface area (Å²) in [5, 5.41) is 13.0. The highest BCUT2D eigenvalue weighted by molar-refractivity contribution is 7.66. The standard InChI is InChI=1S/C18H32N5O14P3/c19-7-3-1-2-4-8-21-15(25)6-5-12-10-23(18(26)22-17(12)20)16-9-13(24)14(35-16)11-34-39(30,31)37-40(32,33)36-38(27,28)29/h5-6,10,13-14,16,24H,1-4,7-9,11,19H2,(H,21,25)(H,30,31)(H,32,33)(H2,20,22,26)(H2,27,28,29)/b6-5+/t13-,14+,16+/m1/s1. The molecule has 40 heavy (non-hydrogen) atoms. The van der Waals surface area contributed by atoms with Gasteiger partial charge in [0.2, 0.25) is 5.91 Å². The number of phosphoric ester groups is 1. The van der Waals surface area contributed by atoms with Gasteiger partial charge in [-0.05, 0) is 25.5 Å². The number of phosphoric acid groups is 3. The predicted octanol–water partition coefficient (Wildman–Crippen LogP) is -0.534. The summed E-state index contributed by atoms with van der Waals surface area (Å²) in [7, 11) is -16.7. The molecule has 5 atom stereocenters. The van der Waals surface area contributed by atoms with E-state index < -0.39 is 60.1 Å². The number of anilines is 1. The molecule has 1 amide bonds. The van der Waals surface area contributed by atoms with Crippen LogP contribution in [-0.2, 0) is 36.4 Å². The molecule has 1 aromatic heterocycles. The van der Waals surface area contributed by atoms with Crippen LogP contribution in [0, 0.1) is 0 Å². The van der Waals surface area contributed by atoms with E-state index in [1.807, 2.05) is 0 Å². The molecule has 0 radical (unpaired) electrons. The van der Waals surface area contributed by atoms with Crippen LogP contribution in [0.2, 0.25) is 0 Å². The predicted molar refractivity (Wildman–Crippen MR) is 137 cm³/mol. The molecule has 0 spiro atoms. The summed E-state index contributed by atoms with van der Waals surface area (Å²) in [5.41, 5.74) is 10.5. The number of nitrogen functional groups attached to an aromatic ring is 1. The number of carbonyl (C=O) groups is 1. The van der Waals surface area contributed by atoms with E-state index in [0.717, 1.165) is 30.3 Å². The summed E-state index contributed by atoms with van der Waals surface area (Å²) in [6.45, 7) is 0.147. The minimum Gasteiger partial charge on any atom is -0.390 e. The number of unbranched alkanes of at least 4 members (excludes halogenated alkanes) is 3. The topological polar surface area (TPSA) is 305 Å². The van der Waals surface area contributed by atoms with Gasteiger partial charge < -0.3 is 46.2 Å². The molecule has 1 saturated heterocycles. The van der Waals surface area contributed by atoms with Crippen molar-refractivity contribution in [1.29, 1.82) is 0 Å². The maximum Gasteiger partial charge on any atom is 0.490 e. The summed E-state index contributed by atoms with van der Waals surface area (Å²) in [6, 6.07) is 0. The molecule has 0 bridgehead atoms. The van der Waals surface area contributed by atoms with Crippen molar-refractivity contribution in [3.8, 4) is 0 Å². The summed E-state index contributed by atoms with van der Waals surface area (Å²) in [4.78, 5) is 64.0. The molecule has 228 valence electrons. The third-order valence-corrected chi connectivity index (χ3v) is 8.99. The first kappa shape index (κ1) is 34.4. The lowest BCUT2D eigenvalue weighted by Crippen LogP contribution is -2.29. The van der Waals surface area contributed by atoms with Crippen molar-refractivity contribution in [3.05, 3.63) is 28.3 Å². The van der Waals surface area contributed by atoms with E-state index >= 15 is 0 Å². The fourth-order valence-electron chi connectivity index (χ4n) is 3.40. The Morgan fingerprint density at radius 3 is 2.48 bits per heavy atom. The van der Waals surface area contributed by atoms with Crippen molar-refractivity contribution in [3.63, 3.8) is 0 Å². The monoisotopic (exact) mass is 635 g/mol. The number of aromatic nitrogens is 2. The number of ether oxygens (including phenoxy) is 1. The van der Waals surface area contributed by atoms with E-state index in [-0.39, 0.29) is 17.8 Å². The molecule has 19 nitrogen and oxygen atoms in total. The van der Waals surface area contributed by atoms with E-state index in [1.54, 1.807) is 0 Å². The van der Waals surface area contributed by atoms with Crippen LogP contribution in [-0.4, -0.2) is 72.0 Å². The lowest BCUT2D eigenvalue weighted by atomic mass is 10.2. The van der Waals surface area contributed by atoms with Crippen molar-refractivity contribution in [2.45, 2.75) is 50.5 Å². The van der Waals surface area contributed by atoms with Gasteiger partial charge in [0.15, 0.2) is 0 Å². The molecule has 1 aliphatic heterocycles. The van der Waals surface area contributed by atoms with Crippen LogP contribution in [0.15, 0.2) is 17.1 Å². The van der Waals surface area contributed by atoms with Gasteiger partial charge in [0, 0.05) is 30.8 Å². The van der Waals surface area contributed by atoms with E-state index in [4.69, 9.17) is 26.0 Å². The molecular weight excluding hydrogens is 603 g/mol. The largest absolute Gasteiger partial charge is 0.490 e. The summed E-state index contributed by atoms with van der Waals surface area (Å²) >= 11 is 0. The second kappa shape index (κ2) is 14.9. The number of nitrogens with two attached hydrogens (primary N) is 2. The van der Waals surface area contributed by atoms with Gasteiger partial charge >= 0.3 is 29.2 Å². The van der Waals surface area contributed by atoms with Gasteiger partial charge in [-0.15, -0.1) is 0 Å². The third-order valence-electron chi connectivity index (χ3n) is 5.19. The average molecular weight is 635 g/mol. The molecule has 0 saturated carbocycles. The second-order valence-corrected chi connectivity index (χ2v) is 12.8. The van der Waals surface area contributed by atoms with E-state index in [2.05, 4.69) is 23.4 Å². The molecule has 0 aromatic carbocycles. The number of hydrogen-bond donors (Lipinski definition) is 8. The van der Waals surface area contributed by atoms with Crippen molar-refractivity contribution in [1.82, 2.24) is 14.9 Å². The second-order valence-electron chi connectivity index (χ2n) is 8.42. The number of aliphatic hydroxyl groups excluding tert-OH is 1. The third kappa shape index (κ3) is 12.0. The van der Waals surface area contributed by atoms with Gasteiger partial charge in [-0.2, -0.15) is 13.6 Å². The Balaban J connectivity index is 2.00. The minimum absolute atomic E-state index is 0.174. The molecular formula is C18H32N5O14P3. The maximum atomic E-state index is 12.4. The fraction of sp³-hybridized carbons (Fsp3) is 0.611. The molecule has 2 heterocycles. The molecule has 1 aromatic rings. The van der Waals surface area contributed by atoms with E-state index in [0.29, 0.717) is 13.1 Å².